The lowest BCUT2D eigenvalue weighted by atomic mass is 9.79. The van der Waals surface area contributed by atoms with Gasteiger partial charge in [0.25, 0.3) is 0 Å². The van der Waals surface area contributed by atoms with E-state index in [-0.39, 0.29) is 31.7 Å². The summed E-state index contributed by atoms with van der Waals surface area (Å²) in [5, 5.41) is 54.5. The van der Waals surface area contributed by atoms with Crippen LogP contribution < -0.4 is 0 Å². The van der Waals surface area contributed by atoms with Crippen molar-refractivity contribution in [3.05, 3.63) is 23.8 Å². The molecule has 2 fully saturated rings. The molecule has 14 heteroatoms. The number of likely N-dealkylation sites (N-methyl/N-ethyl adjacent to an activating group) is 1. The summed E-state index contributed by atoms with van der Waals surface area (Å²) in [5.41, 5.74) is -0.773. The number of hydrogen-bond donors (Lipinski definition) is 5. The lowest BCUT2D eigenvalue weighted by Crippen LogP contribution is -2.65. The zero-order chi connectivity index (χ0) is 39.1. The molecule has 0 spiro atoms. The highest BCUT2D eigenvalue weighted by Gasteiger charge is 2.51. The van der Waals surface area contributed by atoms with Gasteiger partial charge in [0, 0.05) is 30.6 Å². The molecule has 298 valence electrons. The van der Waals surface area contributed by atoms with E-state index in [4.69, 9.17) is 23.7 Å². The highest BCUT2D eigenvalue weighted by atomic mass is 16.7. The number of hydrogen-bond acceptors (Lipinski definition) is 14. The fourth-order valence-electron chi connectivity index (χ4n) is 7.68. The third-order valence-corrected chi connectivity index (χ3v) is 10.9. The first-order valence-electron chi connectivity index (χ1n) is 18.5. The van der Waals surface area contributed by atoms with E-state index in [1.165, 1.54) is 13.0 Å². The van der Waals surface area contributed by atoms with Crippen LogP contribution in [0.5, 0.6) is 0 Å². The molecule has 0 aromatic rings. The van der Waals surface area contributed by atoms with Crippen LogP contribution in [0.4, 0.5) is 0 Å². The summed E-state index contributed by atoms with van der Waals surface area (Å²) in [7, 11) is 3.51. The van der Waals surface area contributed by atoms with Crippen LogP contribution in [0.1, 0.15) is 80.6 Å². The number of aliphatic hydroxyl groups is 5. The molecule has 2 saturated heterocycles. The Balaban J connectivity index is 1.96. The van der Waals surface area contributed by atoms with Crippen molar-refractivity contribution in [1.29, 1.82) is 0 Å². The van der Waals surface area contributed by atoms with Gasteiger partial charge in [-0.3, -0.25) is 9.59 Å². The van der Waals surface area contributed by atoms with Gasteiger partial charge in [-0.25, -0.2) is 0 Å². The van der Waals surface area contributed by atoms with Gasteiger partial charge >= 0.3 is 5.97 Å². The van der Waals surface area contributed by atoms with E-state index in [1.807, 2.05) is 6.92 Å². The molecule has 0 saturated carbocycles. The van der Waals surface area contributed by atoms with Crippen LogP contribution in [-0.4, -0.2) is 142 Å². The van der Waals surface area contributed by atoms with Crippen LogP contribution in [0.2, 0.25) is 0 Å². The van der Waals surface area contributed by atoms with E-state index >= 15 is 0 Å². The van der Waals surface area contributed by atoms with E-state index in [0.29, 0.717) is 12.0 Å². The Labute approximate surface area is 308 Å². The number of cyclic esters (lactones) is 1. The van der Waals surface area contributed by atoms with E-state index in [2.05, 4.69) is 0 Å². The molecule has 52 heavy (non-hydrogen) atoms. The molecule has 0 amide bonds. The summed E-state index contributed by atoms with van der Waals surface area (Å²) in [6.07, 6.45) is -4.08. The minimum absolute atomic E-state index is 0.0210. The Morgan fingerprint density at radius 2 is 1.69 bits per heavy atom. The number of ketones is 1. The van der Waals surface area contributed by atoms with E-state index in [9.17, 15) is 39.9 Å². The van der Waals surface area contributed by atoms with Gasteiger partial charge in [-0.2, -0.15) is 0 Å². The molecule has 0 aromatic heterocycles. The first kappa shape index (κ1) is 44.3. The van der Waals surface area contributed by atoms with Crippen LogP contribution in [0.3, 0.4) is 0 Å². The van der Waals surface area contributed by atoms with Crippen molar-refractivity contribution >= 4 is 18.0 Å². The Hall–Kier alpha value is -2.11. The second-order valence-electron chi connectivity index (χ2n) is 15.5. The van der Waals surface area contributed by atoms with Crippen LogP contribution >= 0.6 is 0 Å². The molecule has 3 rings (SSSR count). The van der Waals surface area contributed by atoms with Crippen molar-refractivity contribution in [3.8, 4) is 0 Å². The van der Waals surface area contributed by atoms with Crippen LogP contribution in [0.15, 0.2) is 23.8 Å². The number of allylic oxidation sites excluding steroid dienone is 3. The number of rotatable bonds is 9. The average molecular weight is 742 g/mol. The molecule has 3 heterocycles. The molecule has 14 nitrogen and oxygen atoms in total. The summed E-state index contributed by atoms with van der Waals surface area (Å²) in [5.74, 6) is -3.38. The lowest BCUT2D eigenvalue weighted by molar-refractivity contribution is -0.341. The van der Waals surface area contributed by atoms with Gasteiger partial charge in [0.2, 0.25) is 0 Å². The van der Waals surface area contributed by atoms with E-state index in [0.717, 1.165) is 6.29 Å². The third-order valence-electron chi connectivity index (χ3n) is 10.9. The molecular weight excluding hydrogens is 678 g/mol. The van der Waals surface area contributed by atoms with E-state index in [1.54, 1.807) is 65.8 Å². The Morgan fingerprint density at radius 1 is 1.02 bits per heavy atom. The summed E-state index contributed by atoms with van der Waals surface area (Å²) in [4.78, 5) is 40.3. The van der Waals surface area contributed by atoms with Gasteiger partial charge in [0.1, 0.15) is 30.7 Å². The van der Waals surface area contributed by atoms with Crippen molar-refractivity contribution in [1.82, 2.24) is 4.90 Å². The van der Waals surface area contributed by atoms with Crippen molar-refractivity contribution in [3.63, 3.8) is 0 Å². The first-order chi connectivity index (χ1) is 24.3. The van der Waals surface area contributed by atoms with Gasteiger partial charge in [-0.05, 0) is 66.6 Å². The number of aliphatic hydroxyl groups excluding tert-OH is 4. The number of carbonyl (C=O) groups excluding carboxylic acids is 3. The lowest BCUT2D eigenvalue weighted by Gasteiger charge is -2.50. The maximum atomic E-state index is 13.3. The normalized spacial score (nSPS) is 44.8. The fraction of sp³-hybridized carbons (Fsp3) is 0.816. The Morgan fingerprint density at radius 3 is 2.27 bits per heavy atom. The highest BCUT2D eigenvalue weighted by molar-refractivity contribution is 5.91. The second-order valence-corrected chi connectivity index (χ2v) is 15.5. The summed E-state index contributed by atoms with van der Waals surface area (Å²) < 4.78 is 30.7. The monoisotopic (exact) mass is 741 g/mol. The Kier molecular flexibility index (Phi) is 16.6. The predicted octanol–water partition coefficient (Wildman–Crippen LogP) is 1.67. The second kappa shape index (κ2) is 19.5. The largest absolute Gasteiger partial charge is 0.462 e. The van der Waals surface area contributed by atoms with Crippen molar-refractivity contribution in [2.75, 3.05) is 20.7 Å². The molecule has 0 unspecified atom stereocenters. The van der Waals surface area contributed by atoms with Gasteiger partial charge in [0.15, 0.2) is 18.4 Å². The predicted molar refractivity (Wildman–Crippen MR) is 190 cm³/mol. The number of aldehydes is 1. The Bertz CT molecular complexity index is 1240. The van der Waals surface area contributed by atoms with Crippen molar-refractivity contribution < 1.29 is 63.6 Å². The third kappa shape index (κ3) is 11.2. The summed E-state index contributed by atoms with van der Waals surface area (Å²) in [6, 6.07) is -0.720. The zero-order valence-electron chi connectivity index (χ0n) is 32.2. The van der Waals surface area contributed by atoms with E-state index < -0.39 is 109 Å². The van der Waals surface area contributed by atoms with Crippen LogP contribution in [0.25, 0.3) is 0 Å². The number of esters is 1. The zero-order valence-corrected chi connectivity index (χ0v) is 32.2. The smallest absolute Gasteiger partial charge is 0.308 e. The standard InChI is InChI=1S/C38H63NO13/c1-10-29-26(19-41)15-20(2)11-12-27(42)21(3)16-25(13-14-40)34(22(4)28(43)17-30(44)50-29)52-37-33(45)32(39(8)9)35(23(5)49-37)51-31-18-38(7,47)36(46)24(6)48-31/h11-12,14-15,21-26,28-29,31-37,41,43,45-47H,10,13,16-19H2,1-9H3/b12-11-,20-15+/t21-,22+,23-,24+,25+,26+,28-,29-,31+,32-,33+,34-,35+,36+,37+,38-/m1/s1. The van der Waals surface area contributed by atoms with Crippen molar-refractivity contribution in [2.45, 2.75) is 154 Å². The average Bonchev–Trinajstić information content (AvgIpc) is 3.07. The number of ether oxygens (including phenoxy) is 5. The van der Waals surface area contributed by atoms with Gasteiger partial charge in [-0.15, -0.1) is 0 Å². The minimum atomic E-state index is -1.47. The molecule has 16 atom stereocenters. The van der Waals surface area contributed by atoms with Crippen LogP contribution in [0, 0.1) is 23.7 Å². The number of carbonyl (C=O) groups is 3. The molecule has 3 aliphatic rings. The molecule has 0 aromatic carbocycles. The maximum Gasteiger partial charge on any atom is 0.308 e. The molecule has 0 aliphatic carbocycles. The number of nitrogens with zero attached hydrogens (tertiary/aromatic N) is 1. The van der Waals surface area contributed by atoms with Crippen molar-refractivity contribution in [2.24, 2.45) is 23.7 Å². The maximum absolute atomic E-state index is 13.3. The molecular formula is C38H63NO13. The first-order valence-corrected chi connectivity index (χ1v) is 18.5. The quantitative estimate of drug-likeness (QED) is 0.169. The molecule has 3 aliphatic heterocycles. The van der Waals surface area contributed by atoms with Gasteiger partial charge in [0.05, 0.1) is 49.1 Å². The van der Waals surface area contributed by atoms with Crippen LogP contribution in [-0.2, 0) is 38.1 Å². The molecule has 5 N–H and O–H groups in total. The summed E-state index contributed by atoms with van der Waals surface area (Å²) >= 11 is 0. The minimum Gasteiger partial charge on any atom is -0.462 e. The molecule has 0 bridgehead atoms. The van der Waals surface area contributed by atoms with Gasteiger partial charge in [-0.1, -0.05) is 38.5 Å². The summed E-state index contributed by atoms with van der Waals surface area (Å²) in [6.45, 7) is 11.6. The topological polar surface area (TPSA) is 202 Å². The SMILES string of the molecule is CC[C@H]1OC(=O)C[C@@H](O)[C@H](C)[C@@H](O[C@@H]2O[C@H](C)[C@H](O[C@H]3C[C@@](C)(O)[C@@H](O)[C@H](C)O3)[C@H](N(C)C)[C@@H]2O)[C@@H](CC=O)C[C@@H](C)C(=O)/C=C\C(C)=C\[C@H]1CO. The van der Waals surface area contributed by atoms with Gasteiger partial charge < -0.3 is 58.9 Å². The fourth-order valence-corrected chi connectivity index (χ4v) is 7.68. The highest BCUT2D eigenvalue weighted by Crippen LogP contribution is 2.37. The molecule has 0 radical (unpaired) electrons.